The van der Waals surface area contributed by atoms with Gasteiger partial charge in [0.2, 0.25) is 0 Å². The van der Waals surface area contributed by atoms with Crippen molar-refractivity contribution in [2.24, 2.45) is 0 Å². The van der Waals surface area contributed by atoms with Crippen LogP contribution in [0.15, 0.2) is 138 Å². The fourth-order valence-electron chi connectivity index (χ4n) is 5.92. The van der Waals surface area contributed by atoms with Crippen LogP contribution in [0.1, 0.15) is 5.69 Å². The number of fused-ring (bicyclic) bond motifs is 6. The van der Waals surface area contributed by atoms with Crippen molar-refractivity contribution >= 4 is 43.9 Å². The topological polar surface area (TPSA) is 56.7 Å². The second kappa shape index (κ2) is 12.7. The van der Waals surface area contributed by atoms with Crippen molar-refractivity contribution in [2.45, 2.75) is 6.92 Å². The number of rotatable bonds is 3. The number of aromatic nitrogens is 4. The molecule has 0 saturated heterocycles. The maximum absolute atomic E-state index is 15.0. The van der Waals surface area contributed by atoms with Gasteiger partial charge >= 0.3 is 0 Å². The Bertz CT molecular complexity index is 2460. The van der Waals surface area contributed by atoms with Crippen molar-refractivity contribution in [1.82, 2.24) is 19.5 Å². The van der Waals surface area contributed by atoms with Gasteiger partial charge < -0.3 is 14.0 Å². The van der Waals surface area contributed by atoms with Gasteiger partial charge in [0.15, 0.2) is 0 Å². The number of halogens is 1. The van der Waals surface area contributed by atoms with E-state index in [-0.39, 0.29) is 25.9 Å². The molecule has 0 atom stereocenters. The molecule has 0 aliphatic heterocycles. The Morgan fingerprint density at radius 2 is 1.49 bits per heavy atom. The van der Waals surface area contributed by atoms with Gasteiger partial charge in [0, 0.05) is 48.6 Å². The minimum absolute atomic E-state index is 0. The Morgan fingerprint density at radius 1 is 0.745 bits per heavy atom. The van der Waals surface area contributed by atoms with Gasteiger partial charge in [0.05, 0.1) is 33.7 Å². The summed E-state index contributed by atoms with van der Waals surface area (Å²) in [5.74, 6) is 0.265. The smallest absolute Gasteiger partial charge is 0.121 e. The first-order valence-electron chi connectivity index (χ1n) is 14.9. The van der Waals surface area contributed by atoms with E-state index in [2.05, 4.69) is 21.7 Å². The standard InChI is InChI=1S/C29H17FN3O.C11H8N.Ir/c1-17-27-26(19-11-5-7-13-23(19)31-17)32-29(33(27)18-9-3-2-4-10-18)21-15-16-22(30)25-20-12-6-8-14-24(20)34-28(21)25;1-2-6-10(7-3-1)11-8-4-5-9-12-11;/h2-14,16H,1H3;1-6,8-9H;/q2*-1;. The van der Waals surface area contributed by atoms with Crippen LogP contribution in [0.2, 0.25) is 0 Å². The molecule has 4 heterocycles. The van der Waals surface area contributed by atoms with Gasteiger partial charge in [-0.15, -0.1) is 48.0 Å². The van der Waals surface area contributed by atoms with E-state index in [1.807, 2.05) is 128 Å². The molecular formula is C40H25FIrN4O-2. The molecule has 9 aromatic rings. The predicted molar refractivity (Wildman–Crippen MR) is 181 cm³/mol. The molecule has 0 aliphatic carbocycles. The number of aryl methyl sites for hydroxylation is 1. The summed E-state index contributed by atoms with van der Waals surface area (Å²) in [5, 5.41) is 2.13. The van der Waals surface area contributed by atoms with Crippen molar-refractivity contribution in [3.8, 4) is 28.3 Å². The monoisotopic (exact) mass is 789 g/mol. The average Bonchev–Trinajstić information content (AvgIpc) is 3.71. The number of furan rings is 1. The zero-order valence-corrected chi connectivity index (χ0v) is 27.5. The third kappa shape index (κ3) is 5.40. The van der Waals surface area contributed by atoms with E-state index in [9.17, 15) is 0 Å². The summed E-state index contributed by atoms with van der Waals surface area (Å²) >= 11 is 0. The number of nitrogens with zero attached hydrogens (tertiary/aromatic N) is 4. The van der Waals surface area contributed by atoms with E-state index in [0.717, 1.165) is 50.0 Å². The van der Waals surface area contributed by atoms with Crippen molar-refractivity contribution in [3.05, 3.63) is 157 Å². The van der Waals surface area contributed by atoms with Gasteiger partial charge in [0.1, 0.15) is 5.58 Å². The predicted octanol–water partition coefficient (Wildman–Crippen LogP) is 9.93. The largest absolute Gasteiger partial charge is 0.500 e. The molecule has 0 unspecified atom stereocenters. The third-order valence-corrected chi connectivity index (χ3v) is 7.96. The van der Waals surface area contributed by atoms with Crippen molar-refractivity contribution in [2.75, 3.05) is 0 Å². The quantitative estimate of drug-likeness (QED) is 0.167. The van der Waals surface area contributed by atoms with Gasteiger partial charge in [-0.1, -0.05) is 72.3 Å². The molecule has 47 heavy (non-hydrogen) atoms. The molecule has 0 N–H and O–H groups in total. The zero-order chi connectivity index (χ0) is 31.0. The molecule has 7 heteroatoms. The summed E-state index contributed by atoms with van der Waals surface area (Å²) < 4.78 is 23.3. The van der Waals surface area contributed by atoms with Gasteiger partial charge in [0.25, 0.3) is 0 Å². The Kier molecular flexibility index (Phi) is 8.17. The number of hydrogen-bond donors (Lipinski definition) is 0. The number of imidazole rings is 1. The molecule has 5 aromatic carbocycles. The van der Waals surface area contributed by atoms with E-state index in [1.54, 1.807) is 6.20 Å². The van der Waals surface area contributed by atoms with Crippen LogP contribution in [0.3, 0.4) is 0 Å². The van der Waals surface area contributed by atoms with Crippen molar-refractivity contribution < 1.29 is 28.9 Å². The van der Waals surface area contributed by atoms with Crippen LogP contribution in [0.4, 0.5) is 4.39 Å². The first-order chi connectivity index (χ1) is 22.7. The van der Waals surface area contributed by atoms with Crippen LogP contribution < -0.4 is 0 Å². The van der Waals surface area contributed by atoms with E-state index in [4.69, 9.17) is 14.4 Å². The summed E-state index contributed by atoms with van der Waals surface area (Å²) in [5.41, 5.74) is 8.10. The summed E-state index contributed by atoms with van der Waals surface area (Å²) in [4.78, 5) is 14.2. The average molecular weight is 789 g/mol. The van der Waals surface area contributed by atoms with Gasteiger partial charge in [-0.25, -0.2) is 0 Å². The summed E-state index contributed by atoms with van der Waals surface area (Å²) in [6.07, 6.45) is 1.79. The summed E-state index contributed by atoms with van der Waals surface area (Å²) in [6, 6.07) is 46.8. The normalized spacial score (nSPS) is 11.0. The number of pyridine rings is 2. The van der Waals surface area contributed by atoms with Crippen LogP contribution in [0.25, 0.3) is 72.2 Å². The van der Waals surface area contributed by atoms with Crippen LogP contribution in [-0.2, 0) is 20.1 Å². The number of para-hydroxylation sites is 3. The maximum atomic E-state index is 15.0. The fraction of sp³-hybridized carbons (Fsp3) is 0.0250. The molecule has 5 nitrogen and oxygen atoms in total. The minimum Gasteiger partial charge on any atom is -0.500 e. The second-order valence-corrected chi connectivity index (χ2v) is 10.8. The molecule has 0 spiro atoms. The second-order valence-electron chi connectivity index (χ2n) is 10.8. The first kappa shape index (κ1) is 30.2. The van der Waals surface area contributed by atoms with Gasteiger partial charge in [-0.2, -0.15) is 0 Å². The van der Waals surface area contributed by atoms with Gasteiger partial charge in [-0.3, -0.25) is 14.4 Å². The summed E-state index contributed by atoms with van der Waals surface area (Å²) in [6.45, 7) is 1.99. The molecule has 0 bridgehead atoms. The van der Waals surface area contributed by atoms with Crippen LogP contribution in [-0.4, -0.2) is 19.5 Å². The molecule has 0 aliphatic rings. The van der Waals surface area contributed by atoms with E-state index in [0.29, 0.717) is 27.9 Å². The molecule has 1 radical (unpaired) electrons. The number of benzene rings is 5. The number of hydrogen-bond acceptors (Lipinski definition) is 4. The van der Waals surface area contributed by atoms with Crippen LogP contribution >= 0.6 is 0 Å². The van der Waals surface area contributed by atoms with Gasteiger partial charge in [-0.05, 0) is 48.3 Å². The third-order valence-electron chi connectivity index (χ3n) is 7.96. The SMILES string of the molecule is Cc1nc2ccccc2c2nc(-c3[c-]cc(F)c4c3oc3ccccc34)n(-c3ccccc3)c12.[Ir].[c-]1ccccc1-c1ccccn1. The van der Waals surface area contributed by atoms with Crippen LogP contribution in [0, 0.1) is 24.9 Å². The minimum atomic E-state index is -0.366. The summed E-state index contributed by atoms with van der Waals surface area (Å²) in [7, 11) is 0. The molecule has 0 amide bonds. The Balaban J connectivity index is 0.000000228. The molecule has 9 rings (SSSR count). The fourth-order valence-corrected chi connectivity index (χ4v) is 5.92. The Morgan fingerprint density at radius 3 is 2.28 bits per heavy atom. The Hall–Kier alpha value is -5.49. The molecule has 0 fully saturated rings. The molecule has 4 aromatic heterocycles. The Labute approximate surface area is 283 Å². The first-order valence-corrected chi connectivity index (χ1v) is 14.9. The van der Waals surface area contributed by atoms with Crippen molar-refractivity contribution in [1.29, 1.82) is 0 Å². The van der Waals surface area contributed by atoms with Crippen molar-refractivity contribution in [3.63, 3.8) is 0 Å². The zero-order valence-electron chi connectivity index (χ0n) is 25.1. The van der Waals surface area contributed by atoms with Crippen LogP contribution in [0.5, 0.6) is 0 Å². The molecule has 0 saturated carbocycles. The molecule has 229 valence electrons. The molecular weight excluding hydrogens is 764 g/mol. The van der Waals surface area contributed by atoms with E-state index >= 15 is 4.39 Å². The maximum Gasteiger partial charge on any atom is 0.121 e. The van der Waals surface area contributed by atoms with E-state index in [1.165, 1.54) is 6.07 Å². The van der Waals surface area contributed by atoms with E-state index < -0.39 is 0 Å².